The third-order valence-corrected chi connectivity index (χ3v) is 5.01. The minimum Gasteiger partial charge on any atom is -0.370 e. The molecule has 21 heavy (non-hydrogen) atoms. The van der Waals surface area contributed by atoms with Gasteiger partial charge in [0.05, 0.1) is 0 Å². The van der Waals surface area contributed by atoms with Crippen molar-refractivity contribution >= 4 is 23.5 Å². The van der Waals surface area contributed by atoms with E-state index >= 15 is 0 Å². The number of hydrogen-bond donors (Lipinski definition) is 1. The molecule has 0 aliphatic carbocycles. The maximum Gasteiger partial charge on any atom is 0.254 e. The lowest BCUT2D eigenvalue weighted by Crippen LogP contribution is -2.41. The van der Waals surface area contributed by atoms with Crippen molar-refractivity contribution in [2.75, 3.05) is 30.7 Å². The smallest absolute Gasteiger partial charge is 0.254 e. The molecule has 1 atom stereocenters. The fourth-order valence-electron chi connectivity index (χ4n) is 2.47. The van der Waals surface area contributed by atoms with Crippen molar-refractivity contribution in [3.63, 3.8) is 0 Å². The Morgan fingerprint density at radius 2 is 2.29 bits per heavy atom. The van der Waals surface area contributed by atoms with E-state index in [2.05, 4.69) is 24.1 Å². The van der Waals surface area contributed by atoms with Crippen LogP contribution in [-0.2, 0) is 0 Å². The minimum atomic E-state index is 0.138. The predicted molar refractivity (Wildman–Crippen MR) is 90.2 cm³/mol. The summed E-state index contributed by atoms with van der Waals surface area (Å²) >= 11 is 1.98. The third-order valence-electron chi connectivity index (χ3n) is 3.64. The van der Waals surface area contributed by atoms with Gasteiger partial charge in [0.1, 0.15) is 5.82 Å². The van der Waals surface area contributed by atoms with Crippen LogP contribution in [0.5, 0.6) is 0 Å². The van der Waals surface area contributed by atoms with Gasteiger partial charge in [-0.25, -0.2) is 4.98 Å². The number of aryl methyl sites for hydroxylation is 1. The summed E-state index contributed by atoms with van der Waals surface area (Å²) in [5, 5.41) is 3.84. The summed E-state index contributed by atoms with van der Waals surface area (Å²) in [5.74, 6) is 1.98. The number of rotatable bonds is 5. The van der Waals surface area contributed by atoms with E-state index in [0.717, 1.165) is 55.3 Å². The molecule has 0 radical (unpaired) electrons. The molecule has 1 aliphatic heterocycles. The van der Waals surface area contributed by atoms with Crippen LogP contribution in [-0.4, -0.2) is 46.4 Å². The molecular weight excluding hydrogens is 282 g/mol. The van der Waals surface area contributed by atoms with Gasteiger partial charge >= 0.3 is 0 Å². The van der Waals surface area contributed by atoms with Crippen LogP contribution in [0.1, 0.15) is 42.7 Å². The molecule has 1 aromatic heterocycles. The van der Waals surface area contributed by atoms with Crippen molar-refractivity contribution in [3.05, 3.63) is 23.4 Å². The van der Waals surface area contributed by atoms with Crippen LogP contribution in [0.3, 0.4) is 0 Å². The number of aromatic nitrogens is 1. The van der Waals surface area contributed by atoms with Gasteiger partial charge in [-0.15, -0.1) is 0 Å². The quantitative estimate of drug-likeness (QED) is 0.907. The Hall–Kier alpha value is -1.23. The van der Waals surface area contributed by atoms with E-state index < -0.39 is 0 Å². The van der Waals surface area contributed by atoms with Crippen LogP contribution in [0.25, 0.3) is 0 Å². The van der Waals surface area contributed by atoms with Gasteiger partial charge in [0.2, 0.25) is 0 Å². The maximum atomic E-state index is 12.7. The number of pyridine rings is 1. The van der Waals surface area contributed by atoms with Crippen molar-refractivity contribution < 1.29 is 4.79 Å². The number of anilines is 1. The zero-order valence-electron chi connectivity index (χ0n) is 13.2. The molecule has 0 spiro atoms. The first kappa shape index (κ1) is 16.1. The standard InChI is InChI=1S/C16H25N3OS/c1-4-6-17-15-10-13(9-12(3)18-15)16(20)19-7-8-21-14(5-2)11-19/h9-10,14H,4-8,11H2,1-3H3,(H,17,18). The molecule has 1 N–H and O–H groups in total. The van der Waals surface area contributed by atoms with Gasteiger partial charge in [-0.2, -0.15) is 11.8 Å². The Bertz CT molecular complexity index is 492. The zero-order chi connectivity index (χ0) is 15.2. The number of hydrogen-bond acceptors (Lipinski definition) is 4. The molecule has 1 fully saturated rings. The highest BCUT2D eigenvalue weighted by Gasteiger charge is 2.24. The number of nitrogens with one attached hydrogen (secondary N) is 1. The van der Waals surface area contributed by atoms with E-state index in [1.54, 1.807) is 0 Å². The Balaban J connectivity index is 2.12. The van der Waals surface area contributed by atoms with Gasteiger partial charge < -0.3 is 10.2 Å². The van der Waals surface area contributed by atoms with Gasteiger partial charge in [-0.3, -0.25) is 4.79 Å². The molecule has 1 unspecified atom stereocenters. The monoisotopic (exact) mass is 307 g/mol. The van der Waals surface area contributed by atoms with E-state index in [1.807, 2.05) is 35.7 Å². The second-order valence-electron chi connectivity index (χ2n) is 5.46. The first-order valence-electron chi connectivity index (χ1n) is 7.77. The molecule has 1 aliphatic rings. The molecule has 4 nitrogen and oxygen atoms in total. The summed E-state index contributed by atoms with van der Waals surface area (Å²) < 4.78 is 0. The first-order chi connectivity index (χ1) is 10.1. The van der Waals surface area contributed by atoms with Gasteiger partial charge in [-0.05, 0) is 31.9 Å². The largest absolute Gasteiger partial charge is 0.370 e. The summed E-state index contributed by atoms with van der Waals surface area (Å²) in [4.78, 5) is 19.1. The summed E-state index contributed by atoms with van der Waals surface area (Å²) in [6, 6.07) is 3.77. The van der Waals surface area contributed by atoms with Crippen molar-refractivity contribution in [3.8, 4) is 0 Å². The van der Waals surface area contributed by atoms with Crippen molar-refractivity contribution in [2.45, 2.75) is 38.9 Å². The molecule has 2 heterocycles. The van der Waals surface area contributed by atoms with Gasteiger partial charge in [0, 0.05) is 41.9 Å². The van der Waals surface area contributed by atoms with Crippen LogP contribution in [0.15, 0.2) is 12.1 Å². The third kappa shape index (κ3) is 4.37. The van der Waals surface area contributed by atoms with E-state index in [9.17, 15) is 4.79 Å². The average Bonchev–Trinajstić information content (AvgIpc) is 2.51. The molecule has 5 heteroatoms. The van der Waals surface area contributed by atoms with E-state index in [1.165, 1.54) is 0 Å². The average molecular weight is 307 g/mol. The van der Waals surface area contributed by atoms with Crippen LogP contribution < -0.4 is 5.32 Å². The zero-order valence-corrected chi connectivity index (χ0v) is 14.0. The number of carbonyl (C=O) groups excluding carboxylic acids is 1. The van der Waals surface area contributed by atoms with Crippen LogP contribution in [0.2, 0.25) is 0 Å². The SMILES string of the molecule is CCCNc1cc(C(=O)N2CCSC(CC)C2)cc(C)n1. The maximum absolute atomic E-state index is 12.7. The highest BCUT2D eigenvalue weighted by Crippen LogP contribution is 2.23. The summed E-state index contributed by atoms with van der Waals surface area (Å²) in [6.07, 6.45) is 2.16. The highest BCUT2D eigenvalue weighted by atomic mass is 32.2. The molecule has 0 aromatic carbocycles. The molecule has 0 bridgehead atoms. The molecule has 0 saturated carbocycles. The molecule has 1 amide bonds. The van der Waals surface area contributed by atoms with Gasteiger partial charge in [-0.1, -0.05) is 13.8 Å². The van der Waals surface area contributed by atoms with Crippen molar-refractivity contribution in [2.24, 2.45) is 0 Å². The van der Waals surface area contributed by atoms with Crippen LogP contribution in [0.4, 0.5) is 5.82 Å². The van der Waals surface area contributed by atoms with E-state index in [0.29, 0.717) is 5.25 Å². The number of nitrogens with zero attached hydrogens (tertiary/aromatic N) is 2. The van der Waals surface area contributed by atoms with Gasteiger partial charge in [0.15, 0.2) is 0 Å². The lowest BCUT2D eigenvalue weighted by Gasteiger charge is -2.32. The minimum absolute atomic E-state index is 0.138. The fourth-order valence-corrected chi connectivity index (χ4v) is 3.65. The first-order valence-corrected chi connectivity index (χ1v) is 8.82. The van der Waals surface area contributed by atoms with E-state index in [-0.39, 0.29) is 5.91 Å². The van der Waals surface area contributed by atoms with Crippen LogP contribution >= 0.6 is 11.8 Å². The van der Waals surface area contributed by atoms with E-state index in [4.69, 9.17) is 0 Å². The molecule has 1 aromatic rings. The number of carbonyl (C=O) groups is 1. The van der Waals surface area contributed by atoms with Gasteiger partial charge in [0.25, 0.3) is 5.91 Å². The molecule has 2 rings (SSSR count). The topological polar surface area (TPSA) is 45.2 Å². The predicted octanol–water partition coefficient (Wildman–Crippen LogP) is 3.18. The molecule has 116 valence electrons. The Morgan fingerprint density at radius 1 is 1.48 bits per heavy atom. The molecule has 1 saturated heterocycles. The lowest BCUT2D eigenvalue weighted by atomic mass is 10.1. The van der Waals surface area contributed by atoms with Crippen molar-refractivity contribution in [1.29, 1.82) is 0 Å². The summed E-state index contributed by atoms with van der Waals surface area (Å²) in [7, 11) is 0. The number of amides is 1. The number of thioether (sulfide) groups is 1. The summed E-state index contributed by atoms with van der Waals surface area (Å²) in [5.41, 5.74) is 1.64. The van der Waals surface area contributed by atoms with Crippen molar-refractivity contribution in [1.82, 2.24) is 9.88 Å². The summed E-state index contributed by atoms with van der Waals surface area (Å²) in [6.45, 7) is 8.83. The van der Waals surface area contributed by atoms with Crippen LogP contribution in [0, 0.1) is 6.92 Å². The highest BCUT2D eigenvalue weighted by molar-refractivity contribution is 8.00. The Kier molecular flexibility index (Phi) is 5.91. The Labute approximate surface area is 131 Å². The molecular formula is C16H25N3OS. The Morgan fingerprint density at radius 3 is 3.00 bits per heavy atom. The lowest BCUT2D eigenvalue weighted by molar-refractivity contribution is 0.0760. The fraction of sp³-hybridized carbons (Fsp3) is 0.625. The second kappa shape index (κ2) is 7.69. The normalized spacial score (nSPS) is 18.6. The second-order valence-corrected chi connectivity index (χ2v) is 6.87.